The van der Waals surface area contributed by atoms with Crippen molar-refractivity contribution in [1.29, 1.82) is 0 Å². The van der Waals surface area contributed by atoms with Crippen LogP contribution in [0.15, 0.2) is 0 Å². The van der Waals surface area contributed by atoms with Crippen molar-refractivity contribution in [1.82, 2.24) is 30.0 Å². The van der Waals surface area contributed by atoms with Gasteiger partial charge < -0.3 is 9.84 Å². The summed E-state index contributed by atoms with van der Waals surface area (Å²) < 4.78 is 7.31. The van der Waals surface area contributed by atoms with Crippen molar-refractivity contribution in [2.75, 3.05) is 39.4 Å². The van der Waals surface area contributed by atoms with Crippen molar-refractivity contribution in [2.45, 2.75) is 37.4 Å². The minimum absolute atomic E-state index is 0.294. The zero-order valence-corrected chi connectivity index (χ0v) is 13.1. The first-order valence-corrected chi connectivity index (χ1v) is 8.24. The second-order valence-corrected chi connectivity index (χ2v) is 6.67. The predicted octanol–water partition coefficient (Wildman–Crippen LogP) is -0.631. The van der Waals surface area contributed by atoms with Crippen LogP contribution in [-0.2, 0) is 16.1 Å². The number of rotatable bonds is 5. The van der Waals surface area contributed by atoms with Crippen LogP contribution in [0, 0.1) is 0 Å². The SMILES string of the molecule is O=C(O)C1(N2CCN(Cc3nnnn3C3CC3)CC2)CCOC1. The third-order valence-electron chi connectivity index (χ3n) is 5.20. The van der Waals surface area contributed by atoms with Gasteiger partial charge in [0.15, 0.2) is 5.82 Å². The van der Waals surface area contributed by atoms with Crippen molar-refractivity contribution in [3.63, 3.8) is 0 Å². The molecule has 2 aliphatic heterocycles. The van der Waals surface area contributed by atoms with E-state index in [0.29, 0.717) is 25.7 Å². The van der Waals surface area contributed by atoms with Crippen molar-refractivity contribution in [2.24, 2.45) is 0 Å². The maximum Gasteiger partial charge on any atom is 0.326 e. The Morgan fingerprint density at radius 1 is 1.30 bits per heavy atom. The van der Waals surface area contributed by atoms with E-state index >= 15 is 0 Å². The summed E-state index contributed by atoms with van der Waals surface area (Å²) in [6.45, 7) is 4.68. The van der Waals surface area contributed by atoms with Gasteiger partial charge in [0.25, 0.3) is 0 Å². The van der Waals surface area contributed by atoms with Gasteiger partial charge in [-0.15, -0.1) is 5.10 Å². The van der Waals surface area contributed by atoms with E-state index in [9.17, 15) is 9.90 Å². The largest absolute Gasteiger partial charge is 0.480 e. The van der Waals surface area contributed by atoms with Crippen LogP contribution in [-0.4, -0.2) is 86.0 Å². The Morgan fingerprint density at radius 2 is 2.09 bits per heavy atom. The Kier molecular flexibility index (Phi) is 3.78. The zero-order valence-electron chi connectivity index (χ0n) is 13.1. The first kappa shape index (κ1) is 15.0. The molecule has 1 saturated carbocycles. The van der Waals surface area contributed by atoms with E-state index in [-0.39, 0.29) is 0 Å². The molecule has 0 radical (unpaired) electrons. The molecule has 3 heterocycles. The Morgan fingerprint density at radius 3 is 2.70 bits per heavy atom. The fourth-order valence-corrected chi connectivity index (χ4v) is 3.56. The van der Waals surface area contributed by atoms with E-state index in [1.54, 1.807) is 0 Å². The normalized spacial score (nSPS) is 29.9. The number of tetrazole rings is 1. The van der Waals surface area contributed by atoms with Gasteiger partial charge in [0.2, 0.25) is 0 Å². The number of hydrogen-bond donors (Lipinski definition) is 1. The van der Waals surface area contributed by atoms with Gasteiger partial charge in [-0.2, -0.15) is 0 Å². The van der Waals surface area contributed by atoms with Crippen LogP contribution in [0.4, 0.5) is 0 Å². The van der Waals surface area contributed by atoms with Crippen LogP contribution < -0.4 is 0 Å². The summed E-state index contributed by atoms with van der Waals surface area (Å²) in [6, 6.07) is 0.479. The Bertz CT molecular complexity index is 573. The molecule has 1 unspecified atom stereocenters. The number of ether oxygens (including phenoxy) is 1. The third-order valence-corrected chi connectivity index (χ3v) is 5.20. The summed E-state index contributed by atoms with van der Waals surface area (Å²) in [5, 5.41) is 21.6. The average Bonchev–Trinajstić information content (AvgIpc) is 3.09. The van der Waals surface area contributed by atoms with E-state index in [0.717, 1.165) is 51.4 Å². The molecule has 9 nitrogen and oxygen atoms in total. The number of carboxylic acid groups (broad SMARTS) is 1. The number of piperazine rings is 1. The Balaban J connectivity index is 1.37. The second kappa shape index (κ2) is 5.81. The van der Waals surface area contributed by atoms with Crippen molar-refractivity contribution >= 4 is 5.97 Å². The highest BCUT2D eigenvalue weighted by Gasteiger charge is 2.48. The summed E-state index contributed by atoms with van der Waals surface area (Å²) in [7, 11) is 0. The number of carbonyl (C=O) groups is 1. The van der Waals surface area contributed by atoms with Crippen LogP contribution in [0.3, 0.4) is 0 Å². The molecule has 0 aromatic carbocycles. The molecule has 0 spiro atoms. The van der Waals surface area contributed by atoms with Crippen molar-refractivity contribution < 1.29 is 14.6 Å². The molecular weight excluding hydrogens is 300 g/mol. The topological polar surface area (TPSA) is 96.6 Å². The fraction of sp³-hybridized carbons (Fsp3) is 0.857. The third kappa shape index (κ3) is 2.73. The molecule has 1 atom stereocenters. The summed E-state index contributed by atoms with van der Waals surface area (Å²) in [5.41, 5.74) is -0.832. The molecule has 23 heavy (non-hydrogen) atoms. The first-order valence-electron chi connectivity index (χ1n) is 8.24. The van der Waals surface area contributed by atoms with E-state index < -0.39 is 11.5 Å². The van der Waals surface area contributed by atoms with E-state index in [1.807, 2.05) is 4.68 Å². The molecule has 4 rings (SSSR count). The van der Waals surface area contributed by atoms with E-state index in [1.165, 1.54) is 0 Å². The molecular formula is C14H22N6O3. The molecule has 1 N–H and O–H groups in total. The highest BCUT2D eigenvalue weighted by atomic mass is 16.5. The minimum atomic E-state index is -0.832. The van der Waals surface area contributed by atoms with Crippen molar-refractivity contribution in [3.8, 4) is 0 Å². The van der Waals surface area contributed by atoms with Crippen LogP contribution in [0.2, 0.25) is 0 Å². The van der Waals surface area contributed by atoms with Crippen molar-refractivity contribution in [3.05, 3.63) is 5.82 Å². The van der Waals surface area contributed by atoms with Crippen LogP contribution in [0.5, 0.6) is 0 Å². The second-order valence-electron chi connectivity index (χ2n) is 6.67. The van der Waals surface area contributed by atoms with E-state index in [4.69, 9.17) is 4.74 Å². The average molecular weight is 322 g/mol. The number of carboxylic acids is 1. The summed E-state index contributed by atoms with van der Waals surface area (Å²) in [6.07, 6.45) is 2.89. The first-order chi connectivity index (χ1) is 11.2. The highest BCUT2D eigenvalue weighted by molar-refractivity contribution is 5.79. The molecule has 1 aromatic rings. The molecule has 126 valence electrons. The van der Waals surface area contributed by atoms with Gasteiger partial charge in [-0.3, -0.25) is 14.6 Å². The zero-order chi connectivity index (χ0) is 15.9. The highest BCUT2D eigenvalue weighted by Crippen LogP contribution is 2.34. The molecule has 3 fully saturated rings. The standard InChI is InChI=1S/C14H22N6O3/c21-13(22)14(3-8-23-10-14)19-6-4-18(5-7-19)9-12-15-16-17-20(12)11-1-2-11/h11H,1-10H2,(H,21,22). The summed E-state index contributed by atoms with van der Waals surface area (Å²) in [5.74, 6) is 0.152. The van der Waals surface area contributed by atoms with Gasteiger partial charge in [-0.1, -0.05) is 0 Å². The number of hydrogen-bond acceptors (Lipinski definition) is 7. The molecule has 0 amide bonds. The van der Waals surface area contributed by atoms with Gasteiger partial charge in [0, 0.05) is 39.2 Å². The smallest absolute Gasteiger partial charge is 0.326 e. The molecule has 0 bridgehead atoms. The maximum absolute atomic E-state index is 11.7. The van der Waals surface area contributed by atoms with Crippen LogP contribution in [0.25, 0.3) is 0 Å². The Hall–Kier alpha value is -1.58. The van der Waals surface area contributed by atoms with Gasteiger partial charge >= 0.3 is 5.97 Å². The molecule has 2 saturated heterocycles. The maximum atomic E-state index is 11.7. The van der Waals surface area contributed by atoms with Crippen LogP contribution >= 0.6 is 0 Å². The molecule has 1 aliphatic carbocycles. The van der Waals surface area contributed by atoms with Gasteiger partial charge in [-0.05, 0) is 23.3 Å². The minimum Gasteiger partial charge on any atom is -0.480 e. The fourth-order valence-electron chi connectivity index (χ4n) is 3.56. The lowest BCUT2D eigenvalue weighted by Crippen LogP contribution is -2.61. The number of nitrogens with zero attached hydrogens (tertiary/aromatic N) is 6. The van der Waals surface area contributed by atoms with Crippen LogP contribution in [0.1, 0.15) is 31.1 Å². The van der Waals surface area contributed by atoms with Gasteiger partial charge in [0.05, 0.1) is 19.2 Å². The molecule has 3 aliphatic rings. The van der Waals surface area contributed by atoms with Gasteiger partial charge in [0.1, 0.15) is 5.54 Å². The number of aliphatic carboxylic acids is 1. The lowest BCUT2D eigenvalue weighted by Gasteiger charge is -2.42. The van der Waals surface area contributed by atoms with E-state index in [2.05, 4.69) is 25.3 Å². The summed E-state index contributed by atoms with van der Waals surface area (Å²) in [4.78, 5) is 16.1. The molecule has 1 aromatic heterocycles. The lowest BCUT2D eigenvalue weighted by molar-refractivity contribution is -0.153. The lowest BCUT2D eigenvalue weighted by atomic mass is 9.95. The monoisotopic (exact) mass is 322 g/mol. The summed E-state index contributed by atoms with van der Waals surface area (Å²) >= 11 is 0. The van der Waals surface area contributed by atoms with Gasteiger partial charge in [-0.25, -0.2) is 4.68 Å². The number of aromatic nitrogens is 4. The molecule has 9 heteroatoms. The quantitative estimate of drug-likeness (QED) is 0.765. The predicted molar refractivity (Wildman–Crippen MR) is 78.7 cm³/mol. The Labute approximate surface area is 134 Å².